The van der Waals surface area contributed by atoms with Gasteiger partial charge in [-0.2, -0.15) is 5.48 Å². The number of ether oxygens (including phenoxy) is 2. The molecule has 1 saturated heterocycles. The van der Waals surface area contributed by atoms with Crippen molar-refractivity contribution in [3.05, 3.63) is 0 Å². The first kappa shape index (κ1) is 13.4. The van der Waals surface area contributed by atoms with E-state index in [1.54, 1.807) is 7.11 Å². The van der Waals surface area contributed by atoms with Crippen LogP contribution in [0.25, 0.3) is 0 Å². The normalized spacial score (nSPS) is 29.3. The summed E-state index contributed by atoms with van der Waals surface area (Å²) in [5, 5.41) is 0. The molecule has 0 amide bonds. The Kier molecular flexibility index (Phi) is 5.18. The highest BCUT2D eigenvalue weighted by Crippen LogP contribution is 2.35. The fourth-order valence-corrected chi connectivity index (χ4v) is 2.18. The summed E-state index contributed by atoms with van der Waals surface area (Å²) in [4.78, 5) is 17.0. The molecule has 1 aliphatic heterocycles. The van der Waals surface area contributed by atoms with Gasteiger partial charge in [-0.25, -0.2) is 0 Å². The molecule has 0 bridgehead atoms. The molecule has 5 heteroatoms. The third-order valence-corrected chi connectivity index (χ3v) is 2.95. The van der Waals surface area contributed by atoms with E-state index in [2.05, 4.69) is 5.48 Å². The second kappa shape index (κ2) is 6.18. The van der Waals surface area contributed by atoms with Crippen molar-refractivity contribution < 1.29 is 19.1 Å². The third kappa shape index (κ3) is 2.53. The van der Waals surface area contributed by atoms with E-state index < -0.39 is 5.41 Å². The van der Waals surface area contributed by atoms with Crippen LogP contribution in [-0.2, 0) is 19.1 Å². The third-order valence-electron chi connectivity index (χ3n) is 2.95. The highest BCUT2D eigenvalue weighted by Gasteiger charge is 2.51. The molecular formula is C11H21NO4. The molecule has 1 fully saturated rings. The first-order valence-electron chi connectivity index (χ1n) is 5.74. The lowest BCUT2D eigenvalue weighted by atomic mass is 9.79. The number of nitrogens with one attached hydrogen (secondary N) is 1. The molecule has 0 saturated carbocycles. The predicted molar refractivity (Wildman–Crippen MR) is 58.7 cm³/mol. The Morgan fingerprint density at radius 3 is 2.88 bits per heavy atom. The van der Waals surface area contributed by atoms with Crippen LogP contribution in [0.1, 0.15) is 26.7 Å². The molecule has 94 valence electrons. The van der Waals surface area contributed by atoms with Crippen molar-refractivity contribution in [3.63, 3.8) is 0 Å². The molecule has 0 aliphatic carbocycles. The standard InChI is InChI=1S/C11H21NO4/c1-4-6-11(10(13)16-5-2)8-15-7-9(11)12-14-3/h9,12H,4-8H2,1-3H3. The van der Waals surface area contributed by atoms with Gasteiger partial charge in [-0.1, -0.05) is 13.3 Å². The van der Waals surface area contributed by atoms with Crippen molar-refractivity contribution in [3.8, 4) is 0 Å². The van der Waals surface area contributed by atoms with Gasteiger partial charge in [0.15, 0.2) is 0 Å². The van der Waals surface area contributed by atoms with Crippen LogP contribution in [0.2, 0.25) is 0 Å². The topological polar surface area (TPSA) is 56.8 Å². The van der Waals surface area contributed by atoms with Crippen LogP contribution in [0.15, 0.2) is 0 Å². The van der Waals surface area contributed by atoms with E-state index in [1.165, 1.54) is 0 Å². The summed E-state index contributed by atoms with van der Waals surface area (Å²) in [7, 11) is 1.54. The average Bonchev–Trinajstić information content (AvgIpc) is 2.64. The van der Waals surface area contributed by atoms with Crippen molar-refractivity contribution >= 4 is 5.97 Å². The first-order valence-corrected chi connectivity index (χ1v) is 5.74. The molecule has 16 heavy (non-hydrogen) atoms. The van der Waals surface area contributed by atoms with Crippen LogP contribution in [0.3, 0.4) is 0 Å². The van der Waals surface area contributed by atoms with Gasteiger partial charge in [0.2, 0.25) is 0 Å². The molecule has 1 rings (SSSR count). The molecule has 5 nitrogen and oxygen atoms in total. The Morgan fingerprint density at radius 1 is 1.56 bits per heavy atom. The van der Waals surface area contributed by atoms with Crippen molar-refractivity contribution in [1.29, 1.82) is 0 Å². The molecule has 2 unspecified atom stereocenters. The summed E-state index contributed by atoms with van der Waals surface area (Å²) < 4.78 is 10.5. The van der Waals surface area contributed by atoms with Gasteiger partial charge in [0, 0.05) is 0 Å². The summed E-state index contributed by atoms with van der Waals surface area (Å²) in [6.45, 7) is 5.13. The maximum Gasteiger partial charge on any atom is 0.316 e. The highest BCUT2D eigenvalue weighted by atomic mass is 16.6. The molecule has 2 atom stereocenters. The van der Waals surface area contributed by atoms with E-state index in [9.17, 15) is 4.79 Å². The summed E-state index contributed by atoms with van der Waals surface area (Å²) >= 11 is 0. The van der Waals surface area contributed by atoms with E-state index in [1.807, 2.05) is 13.8 Å². The number of hydrogen-bond acceptors (Lipinski definition) is 5. The summed E-state index contributed by atoms with van der Waals surface area (Å²) in [5.41, 5.74) is 2.24. The summed E-state index contributed by atoms with van der Waals surface area (Å²) in [6, 6.07) is -0.128. The maximum absolute atomic E-state index is 12.0. The van der Waals surface area contributed by atoms with Crippen molar-refractivity contribution in [2.75, 3.05) is 26.9 Å². The Balaban J connectivity index is 2.80. The number of rotatable bonds is 6. The number of carbonyl (C=O) groups is 1. The second-order valence-corrected chi connectivity index (χ2v) is 4.02. The Labute approximate surface area is 96.4 Å². The van der Waals surface area contributed by atoms with Crippen molar-refractivity contribution in [2.24, 2.45) is 5.41 Å². The number of carbonyl (C=O) groups excluding carboxylic acids is 1. The molecule has 1 heterocycles. The minimum absolute atomic E-state index is 0.128. The molecule has 0 spiro atoms. The Hall–Kier alpha value is -0.650. The molecule has 0 aromatic carbocycles. The van der Waals surface area contributed by atoms with Gasteiger partial charge in [-0.15, -0.1) is 0 Å². The summed E-state index contributed by atoms with van der Waals surface area (Å²) in [6.07, 6.45) is 1.65. The van der Waals surface area contributed by atoms with Gasteiger partial charge in [0.25, 0.3) is 0 Å². The van der Waals surface area contributed by atoms with Gasteiger partial charge >= 0.3 is 5.97 Å². The molecule has 1 N–H and O–H groups in total. The molecular weight excluding hydrogens is 210 g/mol. The Morgan fingerprint density at radius 2 is 2.31 bits per heavy atom. The van der Waals surface area contributed by atoms with E-state index in [4.69, 9.17) is 14.3 Å². The highest BCUT2D eigenvalue weighted by molar-refractivity contribution is 5.78. The van der Waals surface area contributed by atoms with Crippen LogP contribution >= 0.6 is 0 Å². The van der Waals surface area contributed by atoms with E-state index in [-0.39, 0.29) is 12.0 Å². The lowest BCUT2D eigenvalue weighted by Crippen LogP contribution is -2.49. The molecule has 0 aromatic heterocycles. The van der Waals surface area contributed by atoms with Crippen LogP contribution < -0.4 is 5.48 Å². The van der Waals surface area contributed by atoms with Crippen LogP contribution in [0, 0.1) is 5.41 Å². The monoisotopic (exact) mass is 231 g/mol. The molecule has 0 aromatic rings. The van der Waals surface area contributed by atoms with Gasteiger partial charge in [0.1, 0.15) is 5.41 Å². The van der Waals surface area contributed by atoms with Crippen LogP contribution in [-0.4, -0.2) is 38.9 Å². The summed E-state index contributed by atoms with van der Waals surface area (Å²) in [5.74, 6) is -0.191. The average molecular weight is 231 g/mol. The minimum Gasteiger partial charge on any atom is -0.465 e. The predicted octanol–water partition coefficient (Wildman–Crippen LogP) is 0.886. The zero-order valence-corrected chi connectivity index (χ0v) is 10.2. The van der Waals surface area contributed by atoms with Crippen molar-refractivity contribution in [1.82, 2.24) is 5.48 Å². The largest absolute Gasteiger partial charge is 0.465 e. The van der Waals surface area contributed by atoms with Crippen LogP contribution in [0.5, 0.6) is 0 Å². The Bertz CT molecular complexity index is 234. The number of hydroxylamine groups is 1. The lowest BCUT2D eigenvalue weighted by Gasteiger charge is -2.30. The van der Waals surface area contributed by atoms with Gasteiger partial charge in [-0.3, -0.25) is 4.79 Å². The molecule has 1 aliphatic rings. The zero-order valence-electron chi connectivity index (χ0n) is 10.2. The maximum atomic E-state index is 12.0. The number of hydrogen-bond donors (Lipinski definition) is 1. The minimum atomic E-state index is -0.596. The van der Waals surface area contributed by atoms with Crippen molar-refractivity contribution in [2.45, 2.75) is 32.7 Å². The quantitative estimate of drug-likeness (QED) is 0.543. The van der Waals surface area contributed by atoms with Gasteiger partial charge in [0.05, 0.1) is 33.0 Å². The van der Waals surface area contributed by atoms with E-state index >= 15 is 0 Å². The van der Waals surface area contributed by atoms with E-state index in [0.29, 0.717) is 19.8 Å². The second-order valence-electron chi connectivity index (χ2n) is 4.02. The van der Waals surface area contributed by atoms with Gasteiger partial charge in [-0.05, 0) is 13.3 Å². The van der Waals surface area contributed by atoms with Gasteiger partial charge < -0.3 is 14.3 Å². The first-order chi connectivity index (χ1) is 7.71. The number of esters is 1. The fourth-order valence-electron chi connectivity index (χ4n) is 2.18. The SMILES string of the molecule is CCCC1(C(=O)OCC)COCC1NOC. The fraction of sp³-hybridized carbons (Fsp3) is 0.909. The lowest BCUT2D eigenvalue weighted by molar-refractivity contribution is -0.159. The van der Waals surface area contributed by atoms with E-state index in [0.717, 1.165) is 12.8 Å². The zero-order chi connectivity index (χ0) is 12.0. The molecule has 0 radical (unpaired) electrons. The smallest absolute Gasteiger partial charge is 0.316 e. The van der Waals surface area contributed by atoms with Crippen LogP contribution in [0.4, 0.5) is 0 Å².